The van der Waals surface area contributed by atoms with Crippen LogP contribution >= 0.6 is 0 Å². The number of nitrogens with one attached hydrogen (secondary N) is 1. The lowest BCUT2D eigenvalue weighted by atomic mass is 10.2. The van der Waals surface area contributed by atoms with Crippen LogP contribution in [0.2, 0.25) is 0 Å². The molecule has 3 aromatic rings. The summed E-state index contributed by atoms with van der Waals surface area (Å²) < 4.78 is 1.79. The molecule has 0 saturated carbocycles. The molecule has 0 unspecified atom stereocenters. The molecule has 4 heteroatoms. The van der Waals surface area contributed by atoms with E-state index < -0.39 is 0 Å². The molecule has 0 bridgehead atoms. The minimum atomic E-state index is -0.377. The van der Waals surface area contributed by atoms with E-state index >= 15 is 0 Å². The van der Waals surface area contributed by atoms with Crippen LogP contribution in [-0.4, -0.2) is 15.7 Å². The highest BCUT2D eigenvalue weighted by Gasteiger charge is 2.19. The first-order chi connectivity index (χ1) is 10.6. The summed E-state index contributed by atoms with van der Waals surface area (Å²) in [4.78, 5) is 12.5. The molecule has 0 fully saturated rings. The predicted octanol–water partition coefficient (Wildman–Crippen LogP) is 3.85. The van der Waals surface area contributed by atoms with Crippen molar-refractivity contribution < 1.29 is 4.79 Å². The van der Waals surface area contributed by atoms with Gasteiger partial charge in [0.05, 0.1) is 11.2 Å². The fourth-order valence-corrected chi connectivity index (χ4v) is 2.61. The summed E-state index contributed by atoms with van der Waals surface area (Å²) in [5.41, 5.74) is 3.80. The molecular weight excluding hydrogens is 274 g/mol. The number of amides is 1. The maximum atomic E-state index is 12.5. The molecular formula is C18H19N3O. The van der Waals surface area contributed by atoms with E-state index in [2.05, 4.69) is 10.4 Å². The zero-order valence-electron chi connectivity index (χ0n) is 13.0. The minimum Gasteiger partial charge on any atom is -0.324 e. The number of carbonyl (C=O) groups is 1. The zero-order valence-corrected chi connectivity index (χ0v) is 13.0. The van der Waals surface area contributed by atoms with Gasteiger partial charge < -0.3 is 5.32 Å². The van der Waals surface area contributed by atoms with Gasteiger partial charge in [0.1, 0.15) is 6.04 Å². The summed E-state index contributed by atoms with van der Waals surface area (Å²) in [6.45, 7) is 5.81. The van der Waals surface area contributed by atoms with Crippen molar-refractivity contribution in [1.82, 2.24) is 9.78 Å². The predicted molar refractivity (Wildman–Crippen MR) is 89.0 cm³/mol. The van der Waals surface area contributed by atoms with E-state index in [-0.39, 0.29) is 11.9 Å². The molecule has 0 aliphatic rings. The van der Waals surface area contributed by atoms with E-state index in [0.29, 0.717) is 0 Å². The molecule has 2 aromatic carbocycles. The monoisotopic (exact) mass is 293 g/mol. The first-order valence-corrected chi connectivity index (χ1v) is 7.38. The molecule has 0 aliphatic heterocycles. The average molecular weight is 293 g/mol. The van der Waals surface area contributed by atoms with Gasteiger partial charge in [-0.1, -0.05) is 36.4 Å². The van der Waals surface area contributed by atoms with Crippen LogP contribution in [0.15, 0.2) is 48.5 Å². The van der Waals surface area contributed by atoms with E-state index in [0.717, 1.165) is 27.8 Å². The van der Waals surface area contributed by atoms with Crippen LogP contribution in [0, 0.1) is 13.8 Å². The van der Waals surface area contributed by atoms with Gasteiger partial charge in [0.2, 0.25) is 5.91 Å². The normalized spacial score (nSPS) is 12.3. The van der Waals surface area contributed by atoms with Crippen molar-refractivity contribution in [2.75, 3.05) is 5.32 Å². The Kier molecular flexibility index (Phi) is 3.67. The van der Waals surface area contributed by atoms with Gasteiger partial charge in [0, 0.05) is 11.1 Å². The Hall–Kier alpha value is -2.62. The number of fused-ring (bicyclic) bond motifs is 1. The topological polar surface area (TPSA) is 46.9 Å². The van der Waals surface area contributed by atoms with Crippen LogP contribution in [0.1, 0.15) is 24.2 Å². The van der Waals surface area contributed by atoms with Crippen LogP contribution in [0.3, 0.4) is 0 Å². The molecule has 4 nitrogen and oxygen atoms in total. The lowest BCUT2D eigenvalue weighted by Crippen LogP contribution is -2.24. The lowest BCUT2D eigenvalue weighted by molar-refractivity contribution is -0.119. The standard InChI is InChI=1S/C18H19N3O/c1-12-8-4-6-10-16(12)19-18(22)14(3)21-17-11-7-5-9-15(17)13(2)20-21/h4-11,14H,1-3H3,(H,19,22)/t14-/m0/s1. The second-order valence-corrected chi connectivity index (χ2v) is 5.53. The fourth-order valence-electron chi connectivity index (χ4n) is 2.61. The molecule has 0 aliphatic carbocycles. The first kappa shape index (κ1) is 14.3. The van der Waals surface area contributed by atoms with Crippen LogP contribution in [0.25, 0.3) is 10.9 Å². The number of benzene rings is 2. The molecule has 1 atom stereocenters. The van der Waals surface area contributed by atoms with Gasteiger partial charge in [-0.3, -0.25) is 9.48 Å². The summed E-state index contributed by atoms with van der Waals surface area (Å²) >= 11 is 0. The SMILES string of the molecule is Cc1ccccc1NC(=O)[C@H](C)n1nc(C)c2ccccc21. The van der Waals surface area contributed by atoms with Gasteiger partial charge in [0.15, 0.2) is 0 Å². The van der Waals surface area contributed by atoms with E-state index in [1.807, 2.05) is 69.3 Å². The summed E-state index contributed by atoms with van der Waals surface area (Å²) in [7, 11) is 0. The third-order valence-electron chi connectivity index (χ3n) is 3.95. The molecule has 1 N–H and O–H groups in total. The summed E-state index contributed by atoms with van der Waals surface area (Å²) in [5.74, 6) is -0.0671. The third kappa shape index (κ3) is 2.48. The fraction of sp³-hybridized carbons (Fsp3) is 0.222. The van der Waals surface area contributed by atoms with Gasteiger partial charge in [-0.25, -0.2) is 0 Å². The van der Waals surface area contributed by atoms with Crippen molar-refractivity contribution >= 4 is 22.5 Å². The number of carbonyl (C=O) groups excluding carboxylic acids is 1. The molecule has 1 aromatic heterocycles. The van der Waals surface area contributed by atoms with Gasteiger partial charge in [0.25, 0.3) is 0 Å². The van der Waals surface area contributed by atoms with E-state index in [1.54, 1.807) is 4.68 Å². The van der Waals surface area contributed by atoms with Crippen molar-refractivity contribution in [2.45, 2.75) is 26.8 Å². The summed E-state index contributed by atoms with van der Waals surface area (Å²) in [6.07, 6.45) is 0. The number of hydrogen-bond donors (Lipinski definition) is 1. The summed E-state index contributed by atoms with van der Waals surface area (Å²) in [5, 5.41) is 8.59. The van der Waals surface area contributed by atoms with Gasteiger partial charge in [-0.15, -0.1) is 0 Å². The second kappa shape index (κ2) is 5.64. The highest BCUT2D eigenvalue weighted by molar-refractivity contribution is 5.95. The highest BCUT2D eigenvalue weighted by atomic mass is 16.2. The number of hydrogen-bond acceptors (Lipinski definition) is 2. The smallest absolute Gasteiger partial charge is 0.248 e. The second-order valence-electron chi connectivity index (χ2n) is 5.53. The number of rotatable bonds is 3. The highest BCUT2D eigenvalue weighted by Crippen LogP contribution is 2.22. The van der Waals surface area contributed by atoms with Crippen molar-refractivity contribution in [3.8, 4) is 0 Å². The van der Waals surface area contributed by atoms with E-state index in [9.17, 15) is 4.79 Å². The van der Waals surface area contributed by atoms with E-state index in [4.69, 9.17) is 0 Å². The lowest BCUT2D eigenvalue weighted by Gasteiger charge is -2.15. The van der Waals surface area contributed by atoms with Crippen LogP contribution in [-0.2, 0) is 4.79 Å². The van der Waals surface area contributed by atoms with Crippen LogP contribution in [0.5, 0.6) is 0 Å². The Morgan fingerprint density at radius 3 is 2.55 bits per heavy atom. The number of aryl methyl sites for hydroxylation is 2. The zero-order chi connectivity index (χ0) is 15.7. The Morgan fingerprint density at radius 1 is 1.09 bits per heavy atom. The number of aromatic nitrogens is 2. The van der Waals surface area contributed by atoms with Crippen molar-refractivity contribution in [3.63, 3.8) is 0 Å². The van der Waals surface area contributed by atoms with Gasteiger partial charge >= 0.3 is 0 Å². The maximum Gasteiger partial charge on any atom is 0.248 e. The minimum absolute atomic E-state index is 0.0671. The Morgan fingerprint density at radius 2 is 1.77 bits per heavy atom. The molecule has 112 valence electrons. The van der Waals surface area contributed by atoms with Crippen LogP contribution in [0.4, 0.5) is 5.69 Å². The third-order valence-corrected chi connectivity index (χ3v) is 3.95. The number of nitrogens with zero attached hydrogens (tertiary/aromatic N) is 2. The Bertz CT molecular complexity index is 835. The molecule has 1 amide bonds. The molecule has 1 heterocycles. The molecule has 0 spiro atoms. The summed E-state index contributed by atoms with van der Waals surface area (Å²) in [6, 6.07) is 15.4. The van der Waals surface area contributed by atoms with Gasteiger partial charge in [-0.05, 0) is 38.5 Å². The molecule has 0 radical (unpaired) electrons. The molecule has 3 rings (SSSR count). The number of para-hydroxylation sites is 2. The Balaban J connectivity index is 1.91. The first-order valence-electron chi connectivity index (χ1n) is 7.38. The van der Waals surface area contributed by atoms with Crippen LogP contribution < -0.4 is 5.32 Å². The molecule has 0 saturated heterocycles. The van der Waals surface area contributed by atoms with Crippen molar-refractivity contribution in [3.05, 3.63) is 59.8 Å². The van der Waals surface area contributed by atoms with Gasteiger partial charge in [-0.2, -0.15) is 5.10 Å². The number of anilines is 1. The van der Waals surface area contributed by atoms with Crippen molar-refractivity contribution in [2.24, 2.45) is 0 Å². The molecule has 22 heavy (non-hydrogen) atoms. The average Bonchev–Trinajstić information content (AvgIpc) is 2.86. The maximum absolute atomic E-state index is 12.5. The van der Waals surface area contributed by atoms with E-state index in [1.165, 1.54) is 0 Å². The largest absolute Gasteiger partial charge is 0.324 e. The quantitative estimate of drug-likeness (QED) is 0.797. The van der Waals surface area contributed by atoms with Crippen molar-refractivity contribution in [1.29, 1.82) is 0 Å². The Labute approximate surface area is 129 Å².